The molecule has 0 saturated carbocycles. The quantitative estimate of drug-likeness (QED) is 0.136. The summed E-state index contributed by atoms with van der Waals surface area (Å²) in [6, 6.07) is 116. The molecular weight excluding hydrogens is 977 g/mol. The predicted molar refractivity (Wildman–Crippen MR) is 340 cm³/mol. The van der Waals surface area contributed by atoms with Crippen LogP contribution < -0.4 is 0 Å². The zero-order chi connectivity index (χ0) is 53.4. The zero-order valence-electron chi connectivity index (χ0n) is 44.4. The minimum absolute atomic E-state index is 0.483. The first kappa shape index (κ1) is 46.5. The van der Waals surface area contributed by atoms with E-state index in [1.165, 1.54) is 133 Å². The molecular formula is C79H52N2. The highest BCUT2D eigenvalue weighted by atomic mass is 15.0. The van der Waals surface area contributed by atoms with E-state index in [-0.39, 0.29) is 0 Å². The van der Waals surface area contributed by atoms with Gasteiger partial charge in [0.1, 0.15) is 0 Å². The van der Waals surface area contributed by atoms with Crippen molar-refractivity contribution in [2.45, 2.75) is 5.41 Å². The van der Waals surface area contributed by atoms with Crippen LogP contribution in [0.2, 0.25) is 0 Å². The summed E-state index contributed by atoms with van der Waals surface area (Å²) in [5.74, 6) is 0. The number of benzene rings is 13. The van der Waals surface area contributed by atoms with Gasteiger partial charge in [0.25, 0.3) is 0 Å². The minimum atomic E-state index is -0.483. The van der Waals surface area contributed by atoms with Crippen LogP contribution in [0.5, 0.6) is 0 Å². The molecule has 0 bridgehead atoms. The van der Waals surface area contributed by atoms with E-state index in [1.54, 1.807) is 0 Å². The van der Waals surface area contributed by atoms with Crippen molar-refractivity contribution >= 4 is 43.6 Å². The molecule has 0 amide bonds. The average Bonchev–Trinajstić information content (AvgIpc) is 4.38. The molecule has 0 spiro atoms. The molecule has 0 atom stereocenters. The normalized spacial score (nSPS) is 12.5. The molecule has 2 heterocycles. The first-order chi connectivity index (χ1) is 40.2. The Labute approximate surface area is 471 Å². The Balaban J connectivity index is 0.710. The van der Waals surface area contributed by atoms with E-state index in [0.29, 0.717) is 0 Å². The number of hydrogen-bond acceptors (Lipinski definition) is 0. The molecule has 0 unspecified atom stereocenters. The van der Waals surface area contributed by atoms with Crippen LogP contribution in [-0.2, 0) is 5.41 Å². The fourth-order valence-corrected chi connectivity index (χ4v) is 13.6. The lowest BCUT2D eigenvalue weighted by atomic mass is 9.66. The van der Waals surface area contributed by atoms with Crippen molar-refractivity contribution in [1.82, 2.24) is 9.13 Å². The topological polar surface area (TPSA) is 9.86 Å². The fraction of sp³-hybridized carbons (Fsp3) is 0.0127. The lowest BCUT2D eigenvalue weighted by Gasteiger charge is -2.35. The van der Waals surface area contributed by atoms with Crippen molar-refractivity contribution in [2.75, 3.05) is 0 Å². The van der Waals surface area contributed by atoms with Crippen molar-refractivity contribution in [3.05, 3.63) is 338 Å². The lowest BCUT2D eigenvalue weighted by molar-refractivity contribution is 0.770. The summed E-state index contributed by atoms with van der Waals surface area (Å²) < 4.78 is 4.83. The highest BCUT2D eigenvalue weighted by Gasteiger charge is 2.47. The van der Waals surface area contributed by atoms with Crippen LogP contribution in [0, 0.1) is 0 Å². The van der Waals surface area contributed by atoms with Gasteiger partial charge in [-0.3, -0.25) is 0 Å². The number of aromatic nitrogens is 2. The largest absolute Gasteiger partial charge is 0.309 e. The fourth-order valence-electron chi connectivity index (χ4n) is 13.6. The van der Waals surface area contributed by atoms with Crippen molar-refractivity contribution in [2.24, 2.45) is 0 Å². The maximum absolute atomic E-state index is 2.42. The molecule has 2 nitrogen and oxygen atoms in total. The SMILES string of the molecule is c1ccc(-c2cccc(-n3c4ccccc4c4cc(-c5ccc6c(c5)c5ccccc5n6-c5ccc(-c6ccc(-c7cccc(-c8ccccc8C8(c9ccccc9)c9ccccc9-c9ccccc98)c7)cc6)cc5)ccc43)c2)cc1. The summed E-state index contributed by atoms with van der Waals surface area (Å²) in [7, 11) is 0. The standard InChI is InChI=1S/C79H52N2/c1-3-19-53(20-4-1)58-22-18-26-64(50-58)81-76-36-16-11-31-69(76)71-52-60(44-48-78(71)81)59-43-47-77-70(51-59)68-30-10-15-35-75(68)80(77)63-45-41-55(42-46-63)54-37-39-56(40-38-54)57-21-17-23-61(49-57)65-27-7-12-32-72(65)79(62-24-5-2-6-25-62)73-33-13-8-28-66(73)67-29-9-14-34-74(67)79/h1-52H. The highest BCUT2D eigenvalue weighted by molar-refractivity contribution is 6.13. The molecule has 13 aromatic carbocycles. The summed E-state index contributed by atoms with van der Waals surface area (Å²) in [5, 5.41) is 4.96. The van der Waals surface area contributed by atoms with Gasteiger partial charge in [-0.1, -0.05) is 249 Å². The zero-order valence-corrected chi connectivity index (χ0v) is 44.4. The number of para-hydroxylation sites is 2. The Hall–Kier alpha value is -10.5. The molecule has 0 aliphatic heterocycles. The maximum Gasteiger partial charge on any atom is 0.0719 e. The van der Waals surface area contributed by atoms with Crippen LogP contribution in [0.15, 0.2) is 315 Å². The smallest absolute Gasteiger partial charge is 0.0719 e. The molecule has 1 aliphatic carbocycles. The minimum Gasteiger partial charge on any atom is -0.309 e. The van der Waals surface area contributed by atoms with Crippen molar-refractivity contribution in [3.8, 4) is 78.1 Å². The maximum atomic E-state index is 2.42. The highest BCUT2D eigenvalue weighted by Crippen LogP contribution is 2.58. The molecule has 81 heavy (non-hydrogen) atoms. The number of fused-ring (bicyclic) bond motifs is 9. The molecule has 0 N–H and O–H groups in total. The summed E-state index contributed by atoms with van der Waals surface area (Å²) in [6.45, 7) is 0. The summed E-state index contributed by atoms with van der Waals surface area (Å²) >= 11 is 0. The van der Waals surface area contributed by atoms with Gasteiger partial charge in [-0.05, 0) is 156 Å². The van der Waals surface area contributed by atoms with Crippen LogP contribution in [0.25, 0.3) is 122 Å². The van der Waals surface area contributed by atoms with Crippen LogP contribution >= 0.6 is 0 Å². The molecule has 1 aliphatic rings. The van der Waals surface area contributed by atoms with Gasteiger partial charge in [-0.15, -0.1) is 0 Å². The van der Waals surface area contributed by atoms with Crippen molar-refractivity contribution in [1.29, 1.82) is 0 Å². The second-order valence-electron chi connectivity index (χ2n) is 21.5. The number of rotatable bonds is 9. The molecule has 2 aromatic heterocycles. The molecule has 0 saturated heterocycles. The summed E-state index contributed by atoms with van der Waals surface area (Å²) in [5.41, 5.74) is 26.3. The first-order valence-electron chi connectivity index (χ1n) is 28.1. The van der Waals surface area contributed by atoms with Gasteiger partial charge in [0.05, 0.1) is 27.5 Å². The Kier molecular flexibility index (Phi) is 10.8. The summed E-state index contributed by atoms with van der Waals surface area (Å²) in [6.07, 6.45) is 0. The second-order valence-corrected chi connectivity index (χ2v) is 21.5. The molecule has 378 valence electrons. The van der Waals surface area contributed by atoms with Crippen LogP contribution in [0.3, 0.4) is 0 Å². The van der Waals surface area contributed by atoms with Gasteiger partial charge in [0.2, 0.25) is 0 Å². The van der Waals surface area contributed by atoms with Gasteiger partial charge in [-0.2, -0.15) is 0 Å². The van der Waals surface area contributed by atoms with E-state index in [1.807, 2.05) is 0 Å². The third-order valence-corrected chi connectivity index (χ3v) is 17.2. The lowest BCUT2D eigenvalue weighted by Crippen LogP contribution is -2.29. The van der Waals surface area contributed by atoms with Crippen LogP contribution in [0.1, 0.15) is 22.3 Å². The van der Waals surface area contributed by atoms with E-state index < -0.39 is 5.41 Å². The Morgan fingerprint density at radius 2 is 0.568 bits per heavy atom. The Morgan fingerprint density at radius 3 is 1.16 bits per heavy atom. The average molecular weight is 1030 g/mol. The number of nitrogens with zero attached hydrogens (tertiary/aromatic N) is 2. The summed E-state index contributed by atoms with van der Waals surface area (Å²) in [4.78, 5) is 0. The van der Waals surface area contributed by atoms with Crippen molar-refractivity contribution < 1.29 is 0 Å². The predicted octanol–water partition coefficient (Wildman–Crippen LogP) is 20.6. The van der Waals surface area contributed by atoms with E-state index in [4.69, 9.17) is 0 Å². The first-order valence-corrected chi connectivity index (χ1v) is 28.1. The van der Waals surface area contributed by atoms with E-state index in [2.05, 4.69) is 325 Å². The molecule has 16 rings (SSSR count). The van der Waals surface area contributed by atoms with Crippen LogP contribution in [0.4, 0.5) is 0 Å². The van der Waals surface area contributed by atoms with Gasteiger partial charge in [-0.25, -0.2) is 0 Å². The van der Waals surface area contributed by atoms with Gasteiger partial charge < -0.3 is 9.13 Å². The molecule has 0 fully saturated rings. The monoisotopic (exact) mass is 1030 g/mol. The second kappa shape index (κ2) is 18.8. The third kappa shape index (κ3) is 7.42. The molecule has 2 heteroatoms. The van der Waals surface area contributed by atoms with Crippen LogP contribution in [-0.4, -0.2) is 9.13 Å². The van der Waals surface area contributed by atoms with Gasteiger partial charge in [0, 0.05) is 32.9 Å². The van der Waals surface area contributed by atoms with Crippen molar-refractivity contribution in [3.63, 3.8) is 0 Å². The van der Waals surface area contributed by atoms with E-state index in [0.717, 1.165) is 11.4 Å². The third-order valence-electron chi connectivity index (χ3n) is 17.2. The Bertz CT molecular complexity index is 4860. The van der Waals surface area contributed by atoms with E-state index >= 15 is 0 Å². The Morgan fingerprint density at radius 1 is 0.198 bits per heavy atom. The van der Waals surface area contributed by atoms with Gasteiger partial charge in [0.15, 0.2) is 0 Å². The number of hydrogen-bond donors (Lipinski definition) is 0. The van der Waals surface area contributed by atoms with E-state index in [9.17, 15) is 0 Å². The molecule has 15 aromatic rings. The van der Waals surface area contributed by atoms with Gasteiger partial charge >= 0.3 is 0 Å². The molecule has 0 radical (unpaired) electrons.